The minimum Gasteiger partial charge on any atom is -0.345 e. The zero-order valence-electron chi connectivity index (χ0n) is 20.3. The lowest BCUT2D eigenvalue weighted by atomic mass is 9.99. The number of H-pyrrole nitrogens is 1. The van der Waals surface area contributed by atoms with Gasteiger partial charge in [-0.25, -0.2) is 13.8 Å². The van der Waals surface area contributed by atoms with Crippen molar-refractivity contribution in [1.82, 2.24) is 14.3 Å². The number of hydrogen-bond donors (Lipinski definition) is 2. The summed E-state index contributed by atoms with van der Waals surface area (Å²) in [7, 11) is -2.77. The molecule has 0 radical (unpaired) electrons. The van der Waals surface area contributed by atoms with Gasteiger partial charge < -0.3 is 4.98 Å². The van der Waals surface area contributed by atoms with Crippen LogP contribution in [-0.4, -0.2) is 42.1 Å². The molecule has 4 rings (SSSR count). The Balaban J connectivity index is 1.73. The number of benzene rings is 2. The maximum absolute atomic E-state index is 15.4. The molecule has 0 unspecified atom stereocenters. The molecule has 0 atom stereocenters. The number of hydrogen-bond acceptors (Lipinski definition) is 4. The van der Waals surface area contributed by atoms with Crippen molar-refractivity contribution in [3.63, 3.8) is 0 Å². The number of carbonyl (C=O) groups excluding carboxylic acids is 1. The summed E-state index contributed by atoms with van der Waals surface area (Å²) in [5.74, 6) is -3.30. The molecule has 188 valence electrons. The summed E-state index contributed by atoms with van der Waals surface area (Å²) in [4.78, 5) is 20.5. The summed E-state index contributed by atoms with van der Waals surface area (Å²) in [6.07, 6.45) is 2.98. The number of aryl methyl sites for hydroxylation is 1. The van der Waals surface area contributed by atoms with E-state index in [-0.39, 0.29) is 18.0 Å². The van der Waals surface area contributed by atoms with E-state index >= 15 is 4.39 Å². The molecule has 2 aromatic carbocycles. The second-order valence-electron chi connectivity index (χ2n) is 9.08. The molecule has 2 heterocycles. The molecule has 0 amide bonds. The van der Waals surface area contributed by atoms with Gasteiger partial charge in [0, 0.05) is 42.5 Å². The fraction of sp³-hybridized carbons (Fsp3) is 0.231. The third-order valence-corrected chi connectivity index (χ3v) is 7.20. The Morgan fingerprint density at radius 1 is 1.11 bits per heavy atom. The number of fused-ring (bicyclic) bond motifs is 1. The standard InChI is InChI=1S/C26H26F2N4O3S/c1-15(2)14-32(4)36(34,35)31-22-10-9-21(27)23(24(22)28)25(33)20-13-30-26-19(20)11-18(12-29-26)17-7-5-16(3)6-8-17/h5-13,15,31H,14H2,1-4H3,(H,29,30). The highest BCUT2D eigenvalue weighted by atomic mass is 32.2. The summed E-state index contributed by atoms with van der Waals surface area (Å²) in [6, 6.07) is 11.3. The van der Waals surface area contributed by atoms with Gasteiger partial charge in [0.25, 0.3) is 0 Å². The number of ketones is 1. The van der Waals surface area contributed by atoms with Crippen LogP contribution in [0.25, 0.3) is 22.2 Å². The van der Waals surface area contributed by atoms with Gasteiger partial charge in [-0.15, -0.1) is 0 Å². The van der Waals surface area contributed by atoms with E-state index in [0.29, 0.717) is 11.0 Å². The number of aromatic amines is 1. The first kappa shape index (κ1) is 25.5. The number of rotatable bonds is 8. The first-order valence-corrected chi connectivity index (χ1v) is 12.7. The van der Waals surface area contributed by atoms with Gasteiger partial charge in [-0.1, -0.05) is 43.7 Å². The van der Waals surface area contributed by atoms with Crippen LogP contribution >= 0.6 is 0 Å². The van der Waals surface area contributed by atoms with Crippen LogP contribution in [0.2, 0.25) is 0 Å². The molecular formula is C26H26F2N4O3S. The van der Waals surface area contributed by atoms with E-state index in [1.165, 1.54) is 13.2 Å². The van der Waals surface area contributed by atoms with Crippen LogP contribution in [0.5, 0.6) is 0 Å². The fourth-order valence-corrected chi connectivity index (χ4v) is 4.98. The average molecular weight is 513 g/mol. The lowest BCUT2D eigenvalue weighted by Gasteiger charge is -2.20. The molecule has 10 heteroatoms. The van der Waals surface area contributed by atoms with Crippen LogP contribution in [0.4, 0.5) is 14.5 Å². The first-order valence-electron chi connectivity index (χ1n) is 11.3. The zero-order chi connectivity index (χ0) is 26.2. The van der Waals surface area contributed by atoms with Crippen LogP contribution in [-0.2, 0) is 10.2 Å². The smallest absolute Gasteiger partial charge is 0.301 e. The predicted molar refractivity (Wildman–Crippen MR) is 136 cm³/mol. The highest BCUT2D eigenvalue weighted by Crippen LogP contribution is 2.30. The Morgan fingerprint density at radius 2 is 1.81 bits per heavy atom. The Bertz CT molecular complexity index is 1550. The van der Waals surface area contributed by atoms with Crippen LogP contribution in [0.15, 0.2) is 54.9 Å². The summed E-state index contributed by atoms with van der Waals surface area (Å²) in [6.45, 7) is 5.83. The van der Waals surface area contributed by atoms with Crippen molar-refractivity contribution in [2.45, 2.75) is 20.8 Å². The van der Waals surface area contributed by atoms with Gasteiger partial charge in [0.15, 0.2) is 5.82 Å². The molecule has 7 nitrogen and oxygen atoms in total. The Kier molecular flexibility index (Phi) is 6.92. The summed E-state index contributed by atoms with van der Waals surface area (Å²) in [5, 5.41) is 0.388. The van der Waals surface area contributed by atoms with Crippen molar-refractivity contribution >= 4 is 32.7 Å². The van der Waals surface area contributed by atoms with Crippen LogP contribution in [0.3, 0.4) is 0 Å². The Hall–Kier alpha value is -3.63. The van der Waals surface area contributed by atoms with Crippen molar-refractivity contribution in [3.05, 3.63) is 83.2 Å². The number of pyridine rings is 1. The monoisotopic (exact) mass is 512 g/mol. The van der Waals surface area contributed by atoms with E-state index in [1.807, 2.05) is 45.0 Å². The number of halogens is 2. The van der Waals surface area contributed by atoms with E-state index in [9.17, 15) is 17.6 Å². The van der Waals surface area contributed by atoms with Crippen molar-refractivity contribution < 1.29 is 22.0 Å². The number of carbonyl (C=O) groups is 1. The molecule has 0 saturated carbocycles. The maximum Gasteiger partial charge on any atom is 0.301 e. The second kappa shape index (κ2) is 9.79. The van der Waals surface area contributed by atoms with Gasteiger partial charge in [-0.2, -0.15) is 12.7 Å². The second-order valence-corrected chi connectivity index (χ2v) is 10.9. The van der Waals surface area contributed by atoms with Crippen molar-refractivity contribution in [3.8, 4) is 11.1 Å². The van der Waals surface area contributed by atoms with Gasteiger partial charge in [-0.05, 0) is 36.6 Å². The van der Waals surface area contributed by atoms with E-state index in [0.717, 1.165) is 33.1 Å². The maximum atomic E-state index is 15.4. The largest absolute Gasteiger partial charge is 0.345 e. The molecule has 0 bridgehead atoms. The highest BCUT2D eigenvalue weighted by Gasteiger charge is 2.27. The van der Waals surface area contributed by atoms with E-state index in [1.54, 1.807) is 12.3 Å². The van der Waals surface area contributed by atoms with E-state index < -0.39 is 38.9 Å². The fourth-order valence-electron chi connectivity index (χ4n) is 3.90. The van der Waals surface area contributed by atoms with E-state index in [2.05, 4.69) is 14.7 Å². The molecule has 0 aliphatic heterocycles. The summed E-state index contributed by atoms with van der Waals surface area (Å²) >= 11 is 0. The predicted octanol–water partition coefficient (Wildman–Crippen LogP) is 5.29. The number of anilines is 1. The van der Waals surface area contributed by atoms with Crippen molar-refractivity contribution in [2.75, 3.05) is 18.3 Å². The minimum atomic E-state index is -4.12. The first-order chi connectivity index (χ1) is 17.0. The molecule has 0 spiro atoms. The molecular weight excluding hydrogens is 486 g/mol. The average Bonchev–Trinajstić information content (AvgIpc) is 3.24. The molecule has 4 aromatic rings. The lowest BCUT2D eigenvalue weighted by Crippen LogP contribution is -2.35. The van der Waals surface area contributed by atoms with Crippen LogP contribution in [0.1, 0.15) is 35.3 Å². The van der Waals surface area contributed by atoms with Crippen molar-refractivity contribution in [2.24, 2.45) is 5.92 Å². The van der Waals surface area contributed by atoms with Crippen molar-refractivity contribution in [1.29, 1.82) is 0 Å². The van der Waals surface area contributed by atoms with Gasteiger partial charge in [0.05, 0.1) is 11.3 Å². The number of nitrogens with one attached hydrogen (secondary N) is 2. The third-order valence-electron chi connectivity index (χ3n) is 5.75. The summed E-state index contributed by atoms with van der Waals surface area (Å²) < 4.78 is 58.5. The molecule has 0 aliphatic carbocycles. The molecule has 0 aliphatic rings. The molecule has 0 fully saturated rings. The third kappa shape index (κ3) is 5.00. The molecule has 0 saturated heterocycles. The highest BCUT2D eigenvalue weighted by molar-refractivity contribution is 7.90. The van der Waals surface area contributed by atoms with Gasteiger partial charge in [-0.3, -0.25) is 9.52 Å². The van der Waals surface area contributed by atoms with Crippen LogP contribution < -0.4 is 4.72 Å². The van der Waals surface area contributed by atoms with Crippen LogP contribution in [0, 0.1) is 24.5 Å². The van der Waals surface area contributed by atoms with Gasteiger partial charge in [0.1, 0.15) is 11.5 Å². The normalized spacial score (nSPS) is 12.0. The lowest BCUT2D eigenvalue weighted by molar-refractivity contribution is 0.103. The zero-order valence-corrected chi connectivity index (χ0v) is 21.1. The number of nitrogens with zero attached hydrogens (tertiary/aromatic N) is 2. The quantitative estimate of drug-likeness (QED) is 0.314. The Labute approximate surface area is 208 Å². The topological polar surface area (TPSA) is 95.2 Å². The number of aromatic nitrogens is 2. The van der Waals surface area contributed by atoms with Gasteiger partial charge in [0.2, 0.25) is 5.78 Å². The molecule has 2 N–H and O–H groups in total. The summed E-state index contributed by atoms with van der Waals surface area (Å²) in [5.41, 5.74) is 1.70. The SMILES string of the molecule is Cc1ccc(-c2cnc3[nH]cc(C(=O)c4c(F)ccc(NS(=O)(=O)N(C)CC(C)C)c4F)c3c2)cc1. The molecule has 2 aromatic heterocycles. The Morgan fingerprint density at radius 3 is 2.47 bits per heavy atom. The minimum absolute atomic E-state index is 0.0150. The molecule has 36 heavy (non-hydrogen) atoms. The van der Waals surface area contributed by atoms with E-state index in [4.69, 9.17) is 0 Å². The van der Waals surface area contributed by atoms with Gasteiger partial charge >= 0.3 is 10.2 Å².